The minimum atomic E-state index is -3.49. The van der Waals surface area contributed by atoms with Gasteiger partial charge in [0, 0.05) is 23.9 Å². The third-order valence-electron chi connectivity index (χ3n) is 5.46. The second kappa shape index (κ2) is 9.81. The van der Waals surface area contributed by atoms with Crippen molar-refractivity contribution in [2.24, 2.45) is 0 Å². The second-order valence-electron chi connectivity index (χ2n) is 8.29. The molecule has 3 aromatic rings. The number of hydrogen-bond acceptors (Lipinski definition) is 6. The Bertz CT molecular complexity index is 1360. The van der Waals surface area contributed by atoms with E-state index in [1.165, 1.54) is 18.2 Å². The zero-order valence-electron chi connectivity index (χ0n) is 18.8. The second-order valence-corrected chi connectivity index (χ2v) is 10.0. The fraction of sp³-hybridized carbons (Fsp3) is 0.192. The molecule has 1 aliphatic heterocycles. The molecule has 8 nitrogen and oxygen atoms in total. The van der Waals surface area contributed by atoms with Gasteiger partial charge in [0.25, 0.3) is 0 Å². The van der Waals surface area contributed by atoms with Gasteiger partial charge in [-0.25, -0.2) is 13.1 Å². The third kappa shape index (κ3) is 6.00. The smallest absolute Gasteiger partial charge is 0.248 e. The first-order chi connectivity index (χ1) is 16.9. The maximum Gasteiger partial charge on any atom is 0.248 e. The maximum atomic E-state index is 12.4. The molecule has 5 rings (SSSR count). The van der Waals surface area contributed by atoms with Crippen LogP contribution in [-0.2, 0) is 21.4 Å². The van der Waals surface area contributed by atoms with Crippen molar-refractivity contribution < 1.29 is 27.4 Å². The van der Waals surface area contributed by atoms with E-state index in [0.29, 0.717) is 29.5 Å². The van der Waals surface area contributed by atoms with Gasteiger partial charge in [0.1, 0.15) is 12.4 Å². The number of ether oxygens (including phenoxy) is 3. The number of sulfonamides is 1. The zero-order valence-corrected chi connectivity index (χ0v) is 19.6. The van der Waals surface area contributed by atoms with Crippen LogP contribution in [0.2, 0.25) is 0 Å². The number of fused-ring (bicyclic) bond motifs is 1. The van der Waals surface area contributed by atoms with Gasteiger partial charge in [0.15, 0.2) is 11.5 Å². The Kier molecular flexibility index (Phi) is 6.43. The van der Waals surface area contributed by atoms with E-state index in [4.69, 9.17) is 14.2 Å². The lowest BCUT2D eigenvalue weighted by Gasteiger charge is -2.09. The first-order valence-corrected chi connectivity index (χ1v) is 12.7. The van der Waals surface area contributed by atoms with Crippen LogP contribution in [0.4, 0.5) is 5.69 Å². The Morgan fingerprint density at radius 1 is 1.00 bits per heavy atom. The maximum absolute atomic E-state index is 12.4. The van der Waals surface area contributed by atoms with E-state index >= 15 is 0 Å². The molecule has 9 heteroatoms. The number of hydrogen-bond donors (Lipinski definition) is 2. The molecule has 1 amide bonds. The SMILES string of the molecule is O=C(C=Cc1ccc(S(=O)(=O)NC2CC2)cc1)Nc1cccc(COc2ccc3c(c2)OCO3)c1. The van der Waals surface area contributed by atoms with Gasteiger partial charge in [-0.1, -0.05) is 24.3 Å². The van der Waals surface area contributed by atoms with Crippen LogP contribution in [0.15, 0.2) is 77.7 Å². The van der Waals surface area contributed by atoms with Crippen LogP contribution in [0.5, 0.6) is 17.2 Å². The summed E-state index contributed by atoms with van der Waals surface area (Å²) < 4.78 is 43.6. The molecule has 0 radical (unpaired) electrons. The van der Waals surface area contributed by atoms with E-state index in [1.807, 2.05) is 24.3 Å². The van der Waals surface area contributed by atoms with E-state index in [2.05, 4.69) is 10.0 Å². The standard InChI is InChI=1S/C26H24N2O6S/c29-26(13-6-18-4-10-23(11-5-18)35(30,31)28-20-7-8-20)27-21-3-1-2-19(14-21)16-32-22-9-12-24-25(15-22)34-17-33-24/h1-6,9-15,20,28H,7-8,16-17H2,(H,27,29). The van der Waals surface area contributed by atoms with Crippen LogP contribution in [-0.4, -0.2) is 27.2 Å². The van der Waals surface area contributed by atoms with Gasteiger partial charge in [-0.2, -0.15) is 0 Å². The summed E-state index contributed by atoms with van der Waals surface area (Å²) >= 11 is 0. The summed E-state index contributed by atoms with van der Waals surface area (Å²) in [7, 11) is -3.49. The van der Waals surface area contributed by atoms with Crippen LogP contribution < -0.4 is 24.2 Å². The number of nitrogens with one attached hydrogen (secondary N) is 2. The van der Waals surface area contributed by atoms with Gasteiger partial charge in [-0.05, 0) is 66.4 Å². The molecule has 2 N–H and O–H groups in total. The number of rotatable bonds is 9. The lowest BCUT2D eigenvalue weighted by molar-refractivity contribution is -0.111. The van der Waals surface area contributed by atoms with Crippen molar-refractivity contribution in [2.45, 2.75) is 30.4 Å². The summed E-state index contributed by atoms with van der Waals surface area (Å²) in [6.07, 6.45) is 4.80. The van der Waals surface area contributed by atoms with E-state index in [1.54, 1.807) is 36.4 Å². The number of amides is 1. The van der Waals surface area contributed by atoms with E-state index in [9.17, 15) is 13.2 Å². The number of anilines is 1. The first kappa shape index (κ1) is 22.9. The van der Waals surface area contributed by atoms with Crippen molar-refractivity contribution in [3.05, 3.63) is 83.9 Å². The summed E-state index contributed by atoms with van der Waals surface area (Å²) in [5.41, 5.74) is 2.25. The molecule has 35 heavy (non-hydrogen) atoms. The molecule has 0 saturated heterocycles. The monoisotopic (exact) mass is 492 g/mol. The van der Waals surface area contributed by atoms with Gasteiger partial charge in [-0.15, -0.1) is 0 Å². The molecular formula is C26H24N2O6S. The summed E-state index contributed by atoms with van der Waals surface area (Å²) in [5, 5.41) is 2.83. The highest BCUT2D eigenvalue weighted by atomic mass is 32.2. The fourth-order valence-electron chi connectivity index (χ4n) is 3.47. The van der Waals surface area contributed by atoms with Crippen LogP contribution in [0, 0.1) is 0 Å². The highest BCUT2D eigenvalue weighted by molar-refractivity contribution is 7.89. The Morgan fingerprint density at radius 3 is 2.60 bits per heavy atom. The Labute approximate surface area is 203 Å². The molecule has 1 aliphatic carbocycles. The first-order valence-electron chi connectivity index (χ1n) is 11.2. The number of carbonyl (C=O) groups excluding carboxylic acids is 1. The fourth-order valence-corrected chi connectivity index (χ4v) is 4.78. The van der Waals surface area contributed by atoms with Crippen LogP contribution in [0.3, 0.4) is 0 Å². The molecule has 2 aliphatic rings. The number of carbonyl (C=O) groups is 1. The van der Waals surface area contributed by atoms with Crippen LogP contribution in [0.25, 0.3) is 6.08 Å². The largest absolute Gasteiger partial charge is 0.489 e. The Hall–Kier alpha value is -3.82. The van der Waals surface area contributed by atoms with Crippen molar-refractivity contribution in [3.63, 3.8) is 0 Å². The van der Waals surface area contributed by atoms with Gasteiger partial charge in [0.05, 0.1) is 4.90 Å². The van der Waals surface area contributed by atoms with Crippen molar-refractivity contribution in [1.82, 2.24) is 4.72 Å². The molecule has 0 atom stereocenters. The molecule has 0 spiro atoms. The van der Waals surface area contributed by atoms with E-state index in [0.717, 1.165) is 24.0 Å². The third-order valence-corrected chi connectivity index (χ3v) is 7.00. The Balaban J connectivity index is 1.15. The van der Waals surface area contributed by atoms with E-state index in [-0.39, 0.29) is 23.6 Å². The van der Waals surface area contributed by atoms with Crippen molar-refractivity contribution in [2.75, 3.05) is 12.1 Å². The van der Waals surface area contributed by atoms with Crippen LogP contribution in [0.1, 0.15) is 24.0 Å². The lowest BCUT2D eigenvalue weighted by atomic mass is 10.2. The highest BCUT2D eigenvalue weighted by Gasteiger charge is 2.27. The Morgan fingerprint density at radius 2 is 1.80 bits per heavy atom. The van der Waals surface area contributed by atoms with Crippen molar-refractivity contribution >= 4 is 27.7 Å². The molecule has 3 aromatic carbocycles. The van der Waals surface area contributed by atoms with Crippen molar-refractivity contribution in [1.29, 1.82) is 0 Å². The number of benzene rings is 3. The molecular weight excluding hydrogens is 468 g/mol. The minimum Gasteiger partial charge on any atom is -0.489 e. The predicted octanol–water partition coefficient (Wildman–Crippen LogP) is 4.09. The predicted molar refractivity (Wildman–Crippen MR) is 131 cm³/mol. The molecule has 0 unspecified atom stereocenters. The topological polar surface area (TPSA) is 103 Å². The lowest BCUT2D eigenvalue weighted by Crippen LogP contribution is -2.25. The summed E-state index contributed by atoms with van der Waals surface area (Å²) in [4.78, 5) is 12.6. The van der Waals surface area contributed by atoms with Crippen LogP contribution >= 0.6 is 0 Å². The van der Waals surface area contributed by atoms with Gasteiger partial charge < -0.3 is 19.5 Å². The summed E-state index contributed by atoms with van der Waals surface area (Å²) in [6, 6.07) is 19.2. The molecule has 0 bridgehead atoms. The molecule has 1 fully saturated rings. The van der Waals surface area contributed by atoms with Gasteiger partial charge in [-0.3, -0.25) is 4.79 Å². The molecule has 180 valence electrons. The van der Waals surface area contributed by atoms with Crippen molar-refractivity contribution in [3.8, 4) is 17.2 Å². The zero-order chi connectivity index (χ0) is 24.3. The molecule has 0 aromatic heterocycles. The normalized spacial score (nSPS) is 14.7. The van der Waals surface area contributed by atoms with Gasteiger partial charge in [0.2, 0.25) is 22.7 Å². The van der Waals surface area contributed by atoms with E-state index < -0.39 is 10.0 Å². The highest BCUT2D eigenvalue weighted by Crippen LogP contribution is 2.35. The summed E-state index contributed by atoms with van der Waals surface area (Å²) in [6.45, 7) is 0.532. The minimum absolute atomic E-state index is 0.0528. The summed E-state index contributed by atoms with van der Waals surface area (Å²) in [5.74, 6) is 1.71. The van der Waals surface area contributed by atoms with Gasteiger partial charge >= 0.3 is 0 Å². The quantitative estimate of drug-likeness (QED) is 0.436. The molecule has 1 saturated carbocycles. The molecule has 1 heterocycles. The average molecular weight is 493 g/mol. The average Bonchev–Trinajstić information content (AvgIpc) is 3.53.